The van der Waals surface area contributed by atoms with E-state index in [1.807, 2.05) is 30.6 Å². The van der Waals surface area contributed by atoms with Crippen LogP contribution in [0, 0.1) is 0 Å². The SMILES string of the molecule is CNCc1ccc(CN2CCN(c3ccccn3)CC2)s1. The Balaban J connectivity index is 1.51. The molecular formula is C16H22N4S. The summed E-state index contributed by atoms with van der Waals surface area (Å²) in [5.41, 5.74) is 0. The lowest BCUT2D eigenvalue weighted by Gasteiger charge is -2.35. The fourth-order valence-corrected chi connectivity index (χ4v) is 3.75. The fraction of sp³-hybridized carbons (Fsp3) is 0.438. The third-order valence-electron chi connectivity index (χ3n) is 3.79. The van der Waals surface area contributed by atoms with Crippen molar-refractivity contribution in [3.05, 3.63) is 46.3 Å². The van der Waals surface area contributed by atoms with Gasteiger partial charge in [0, 0.05) is 55.2 Å². The monoisotopic (exact) mass is 302 g/mol. The molecule has 1 saturated heterocycles. The van der Waals surface area contributed by atoms with Crippen molar-refractivity contribution in [2.45, 2.75) is 13.1 Å². The molecule has 0 amide bonds. The van der Waals surface area contributed by atoms with Crippen LogP contribution in [0.2, 0.25) is 0 Å². The molecule has 112 valence electrons. The normalized spacial score (nSPS) is 16.3. The Kier molecular flexibility index (Phi) is 4.85. The molecule has 0 radical (unpaired) electrons. The zero-order valence-electron chi connectivity index (χ0n) is 12.5. The molecule has 0 bridgehead atoms. The minimum absolute atomic E-state index is 0.970. The maximum absolute atomic E-state index is 4.44. The van der Waals surface area contributed by atoms with Gasteiger partial charge >= 0.3 is 0 Å². The molecule has 2 aromatic heterocycles. The first-order chi connectivity index (χ1) is 10.3. The first-order valence-electron chi connectivity index (χ1n) is 7.45. The van der Waals surface area contributed by atoms with Crippen LogP contribution >= 0.6 is 11.3 Å². The van der Waals surface area contributed by atoms with Crippen molar-refractivity contribution < 1.29 is 0 Å². The number of thiophene rings is 1. The lowest BCUT2D eigenvalue weighted by Crippen LogP contribution is -2.46. The van der Waals surface area contributed by atoms with Gasteiger partial charge in [0.1, 0.15) is 5.82 Å². The number of hydrogen-bond donors (Lipinski definition) is 1. The fourth-order valence-electron chi connectivity index (χ4n) is 2.67. The molecule has 0 saturated carbocycles. The highest BCUT2D eigenvalue weighted by atomic mass is 32.1. The van der Waals surface area contributed by atoms with E-state index in [9.17, 15) is 0 Å². The van der Waals surface area contributed by atoms with Crippen LogP contribution in [-0.4, -0.2) is 43.1 Å². The zero-order valence-corrected chi connectivity index (χ0v) is 13.3. The summed E-state index contributed by atoms with van der Waals surface area (Å²) in [6.45, 7) is 6.38. The molecule has 0 spiro atoms. The lowest BCUT2D eigenvalue weighted by atomic mass is 10.3. The summed E-state index contributed by atoms with van der Waals surface area (Å²) < 4.78 is 0. The average molecular weight is 302 g/mol. The summed E-state index contributed by atoms with van der Waals surface area (Å²) >= 11 is 1.92. The van der Waals surface area contributed by atoms with E-state index in [4.69, 9.17) is 0 Å². The molecule has 0 aliphatic carbocycles. The predicted molar refractivity (Wildman–Crippen MR) is 88.8 cm³/mol. The molecular weight excluding hydrogens is 280 g/mol. The molecule has 3 heterocycles. The van der Waals surface area contributed by atoms with Crippen LogP contribution in [0.15, 0.2) is 36.5 Å². The Hall–Kier alpha value is -1.43. The van der Waals surface area contributed by atoms with E-state index in [0.29, 0.717) is 0 Å². The van der Waals surface area contributed by atoms with E-state index in [-0.39, 0.29) is 0 Å². The van der Waals surface area contributed by atoms with Crippen molar-refractivity contribution in [3.8, 4) is 0 Å². The van der Waals surface area contributed by atoms with Gasteiger partial charge in [0.25, 0.3) is 0 Å². The number of piperazine rings is 1. The summed E-state index contributed by atoms with van der Waals surface area (Å²) in [6, 6.07) is 10.6. The van der Waals surface area contributed by atoms with E-state index in [1.165, 1.54) is 9.75 Å². The molecule has 3 rings (SSSR count). The van der Waals surface area contributed by atoms with E-state index in [0.717, 1.165) is 45.1 Å². The van der Waals surface area contributed by atoms with Crippen LogP contribution in [0.4, 0.5) is 5.82 Å². The number of aromatic nitrogens is 1. The van der Waals surface area contributed by atoms with Gasteiger partial charge in [0.2, 0.25) is 0 Å². The summed E-state index contributed by atoms with van der Waals surface area (Å²) in [5, 5.41) is 3.21. The number of nitrogens with zero attached hydrogens (tertiary/aromatic N) is 3. The largest absolute Gasteiger partial charge is 0.354 e. The molecule has 1 aliphatic rings. The molecule has 21 heavy (non-hydrogen) atoms. The van der Waals surface area contributed by atoms with Crippen molar-refractivity contribution in [2.24, 2.45) is 0 Å². The first-order valence-corrected chi connectivity index (χ1v) is 8.27. The van der Waals surface area contributed by atoms with E-state index >= 15 is 0 Å². The van der Waals surface area contributed by atoms with Crippen LogP contribution in [-0.2, 0) is 13.1 Å². The van der Waals surface area contributed by atoms with Crippen LogP contribution in [0.25, 0.3) is 0 Å². The number of pyridine rings is 1. The second-order valence-corrected chi connectivity index (χ2v) is 6.60. The quantitative estimate of drug-likeness (QED) is 0.917. The first kappa shape index (κ1) is 14.5. The summed E-state index contributed by atoms with van der Waals surface area (Å²) in [7, 11) is 2.00. The molecule has 0 unspecified atom stereocenters. The molecule has 2 aromatic rings. The maximum atomic E-state index is 4.44. The van der Waals surface area contributed by atoms with Gasteiger partial charge in [-0.2, -0.15) is 0 Å². The van der Waals surface area contributed by atoms with Crippen molar-refractivity contribution in [1.82, 2.24) is 15.2 Å². The van der Waals surface area contributed by atoms with Crippen LogP contribution < -0.4 is 10.2 Å². The second-order valence-electron chi connectivity index (χ2n) is 5.35. The van der Waals surface area contributed by atoms with Gasteiger partial charge in [-0.15, -0.1) is 11.3 Å². The van der Waals surface area contributed by atoms with Crippen molar-refractivity contribution >= 4 is 17.2 Å². The van der Waals surface area contributed by atoms with Gasteiger partial charge in [-0.3, -0.25) is 4.90 Å². The Morgan fingerprint density at radius 2 is 1.90 bits per heavy atom. The topological polar surface area (TPSA) is 31.4 Å². The highest BCUT2D eigenvalue weighted by Crippen LogP contribution is 2.20. The van der Waals surface area contributed by atoms with Gasteiger partial charge in [0.05, 0.1) is 0 Å². The average Bonchev–Trinajstić information content (AvgIpc) is 2.97. The minimum atomic E-state index is 0.970. The standard InChI is InChI=1S/C16H22N4S/c1-17-12-14-5-6-15(21-14)13-19-8-10-20(11-9-19)16-4-2-3-7-18-16/h2-7,17H,8-13H2,1H3. The second kappa shape index (κ2) is 7.02. The van der Waals surface area contributed by atoms with Gasteiger partial charge in [0.15, 0.2) is 0 Å². The smallest absolute Gasteiger partial charge is 0.128 e. The summed E-state index contributed by atoms with van der Waals surface area (Å²) in [6.07, 6.45) is 1.87. The maximum Gasteiger partial charge on any atom is 0.128 e. The van der Waals surface area contributed by atoms with Crippen LogP contribution in [0.3, 0.4) is 0 Å². The summed E-state index contributed by atoms with van der Waals surface area (Å²) in [5.74, 6) is 1.10. The third kappa shape index (κ3) is 3.81. The Morgan fingerprint density at radius 3 is 2.62 bits per heavy atom. The lowest BCUT2D eigenvalue weighted by molar-refractivity contribution is 0.251. The molecule has 0 aromatic carbocycles. The Morgan fingerprint density at radius 1 is 1.10 bits per heavy atom. The van der Waals surface area contributed by atoms with Crippen molar-refractivity contribution in [2.75, 3.05) is 38.1 Å². The third-order valence-corrected chi connectivity index (χ3v) is 4.86. The van der Waals surface area contributed by atoms with Gasteiger partial charge < -0.3 is 10.2 Å². The highest BCUT2D eigenvalue weighted by Gasteiger charge is 2.18. The van der Waals surface area contributed by atoms with Gasteiger partial charge in [-0.1, -0.05) is 6.07 Å². The molecule has 4 nitrogen and oxygen atoms in total. The van der Waals surface area contributed by atoms with Gasteiger partial charge in [-0.05, 0) is 31.3 Å². The molecule has 1 fully saturated rings. The van der Waals surface area contributed by atoms with Crippen molar-refractivity contribution in [1.29, 1.82) is 0 Å². The predicted octanol–water partition coefficient (Wildman–Crippen LogP) is 2.18. The number of rotatable bonds is 5. The number of nitrogens with one attached hydrogen (secondary N) is 1. The Labute approximate surface area is 130 Å². The molecule has 1 N–H and O–H groups in total. The molecule has 0 atom stereocenters. The van der Waals surface area contributed by atoms with Gasteiger partial charge in [-0.25, -0.2) is 4.98 Å². The van der Waals surface area contributed by atoms with Crippen LogP contribution in [0.1, 0.15) is 9.75 Å². The number of hydrogen-bond acceptors (Lipinski definition) is 5. The van der Waals surface area contributed by atoms with Crippen LogP contribution in [0.5, 0.6) is 0 Å². The number of anilines is 1. The zero-order chi connectivity index (χ0) is 14.5. The van der Waals surface area contributed by atoms with E-state index in [2.05, 4.69) is 44.4 Å². The molecule has 5 heteroatoms. The minimum Gasteiger partial charge on any atom is -0.354 e. The van der Waals surface area contributed by atoms with E-state index in [1.54, 1.807) is 0 Å². The molecule has 1 aliphatic heterocycles. The highest BCUT2D eigenvalue weighted by molar-refractivity contribution is 7.11. The summed E-state index contributed by atoms with van der Waals surface area (Å²) in [4.78, 5) is 12.2. The van der Waals surface area contributed by atoms with E-state index < -0.39 is 0 Å². The van der Waals surface area contributed by atoms with Crippen molar-refractivity contribution in [3.63, 3.8) is 0 Å². The Bertz CT molecular complexity index is 546.